The summed E-state index contributed by atoms with van der Waals surface area (Å²) in [6.07, 6.45) is 1.38. The minimum absolute atomic E-state index is 0.104. The fraction of sp³-hybridized carbons (Fsp3) is 0.176. The van der Waals surface area contributed by atoms with E-state index < -0.39 is 0 Å². The molecule has 0 unspecified atom stereocenters. The average molecular weight is 298 g/mol. The summed E-state index contributed by atoms with van der Waals surface area (Å²) >= 11 is 0. The number of phenols is 1. The zero-order valence-electron chi connectivity index (χ0n) is 12.5. The SMILES string of the molecule is Cc1cccc(C)c1OCC(=O)N/N=C/c1ccccc1O. The average Bonchev–Trinajstić information content (AvgIpc) is 2.49. The highest BCUT2D eigenvalue weighted by Gasteiger charge is 2.06. The number of nitrogens with zero attached hydrogens (tertiary/aromatic N) is 1. The molecular formula is C17H18N2O3. The molecule has 0 heterocycles. The van der Waals surface area contributed by atoms with Gasteiger partial charge in [-0.1, -0.05) is 30.3 Å². The lowest BCUT2D eigenvalue weighted by atomic mass is 10.1. The first-order valence-corrected chi connectivity index (χ1v) is 6.87. The minimum Gasteiger partial charge on any atom is -0.507 e. The summed E-state index contributed by atoms with van der Waals surface area (Å²) in [5, 5.41) is 13.4. The van der Waals surface area contributed by atoms with Crippen LogP contribution in [0.5, 0.6) is 11.5 Å². The molecule has 5 heteroatoms. The van der Waals surface area contributed by atoms with Crippen molar-refractivity contribution in [2.24, 2.45) is 5.10 Å². The van der Waals surface area contributed by atoms with Gasteiger partial charge in [0.25, 0.3) is 5.91 Å². The summed E-state index contributed by atoms with van der Waals surface area (Å²) in [7, 11) is 0. The van der Waals surface area contributed by atoms with E-state index in [1.54, 1.807) is 24.3 Å². The summed E-state index contributed by atoms with van der Waals surface area (Å²) in [6, 6.07) is 12.5. The van der Waals surface area contributed by atoms with Gasteiger partial charge in [0.1, 0.15) is 11.5 Å². The first kappa shape index (κ1) is 15.6. The Morgan fingerprint density at radius 2 is 1.86 bits per heavy atom. The molecule has 0 fully saturated rings. The van der Waals surface area contributed by atoms with Crippen LogP contribution in [0.3, 0.4) is 0 Å². The minimum atomic E-state index is -0.366. The molecule has 2 aromatic rings. The predicted molar refractivity (Wildman–Crippen MR) is 85.3 cm³/mol. The Bertz CT molecular complexity index is 676. The number of carbonyl (C=O) groups is 1. The number of ether oxygens (including phenoxy) is 1. The van der Waals surface area contributed by atoms with Crippen LogP contribution in [-0.4, -0.2) is 23.8 Å². The number of nitrogens with one attached hydrogen (secondary N) is 1. The molecule has 0 saturated heterocycles. The fourth-order valence-electron chi connectivity index (χ4n) is 1.97. The predicted octanol–water partition coefficient (Wildman–Crippen LogP) is 2.54. The molecular weight excluding hydrogens is 280 g/mol. The van der Waals surface area contributed by atoms with Crippen molar-refractivity contribution in [1.82, 2.24) is 5.43 Å². The Labute approximate surface area is 129 Å². The third kappa shape index (κ3) is 4.09. The number of carbonyl (C=O) groups excluding carboxylic acids is 1. The van der Waals surface area contributed by atoms with E-state index in [2.05, 4.69) is 10.5 Å². The summed E-state index contributed by atoms with van der Waals surface area (Å²) in [6.45, 7) is 3.73. The summed E-state index contributed by atoms with van der Waals surface area (Å²) in [4.78, 5) is 11.7. The van der Waals surface area contributed by atoms with E-state index in [0.717, 1.165) is 11.1 Å². The van der Waals surface area contributed by atoms with Gasteiger partial charge in [-0.3, -0.25) is 4.79 Å². The van der Waals surface area contributed by atoms with Gasteiger partial charge in [0.05, 0.1) is 6.21 Å². The van der Waals surface area contributed by atoms with E-state index in [0.29, 0.717) is 11.3 Å². The third-order valence-electron chi connectivity index (χ3n) is 3.09. The van der Waals surface area contributed by atoms with Gasteiger partial charge in [-0.15, -0.1) is 0 Å². The first-order chi connectivity index (χ1) is 10.6. The Hall–Kier alpha value is -2.82. The first-order valence-electron chi connectivity index (χ1n) is 6.87. The Morgan fingerprint density at radius 1 is 1.18 bits per heavy atom. The normalized spacial score (nSPS) is 10.6. The van der Waals surface area contributed by atoms with Crippen molar-refractivity contribution in [3.05, 3.63) is 59.2 Å². The number of hydrazone groups is 1. The lowest BCUT2D eigenvalue weighted by Crippen LogP contribution is -2.25. The van der Waals surface area contributed by atoms with Crippen LogP contribution in [0.1, 0.15) is 16.7 Å². The van der Waals surface area contributed by atoms with Crippen LogP contribution in [0.2, 0.25) is 0 Å². The zero-order chi connectivity index (χ0) is 15.9. The number of aryl methyl sites for hydroxylation is 2. The number of rotatable bonds is 5. The summed E-state index contributed by atoms with van der Waals surface area (Å²) in [5.41, 5.74) is 4.84. The molecule has 0 aliphatic rings. The van der Waals surface area contributed by atoms with E-state index in [1.165, 1.54) is 6.21 Å². The number of aromatic hydroxyl groups is 1. The van der Waals surface area contributed by atoms with Crippen molar-refractivity contribution >= 4 is 12.1 Å². The van der Waals surface area contributed by atoms with Gasteiger partial charge in [-0.25, -0.2) is 5.43 Å². The largest absolute Gasteiger partial charge is 0.507 e. The van der Waals surface area contributed by atoms with E-state index in [4.69, 9.17) is 4.74 Å². The lowest BCUT2D eigenvalue weighted by Gasteiger charge is -2.10. The maximum Gasteiger partial charge on any atom is 0.277 e. The number of benzene rings is 2. The highest BCUT2D eigenvalue weighted by atomic mass is 16.5. The van der Waals surface area contributed by atoms with Gasteiger partial charge in [0.15, 0.2) is 6.61 Å². The topological polar surface area (TPSA) is 70.9 Å². The van der Waals surface area contributed by atoms with Gasteiger partial charge < -0.3 is 9.84 Å². The van der Waals surface area contributed by atoms with Gasteiger partial charge in [-0.2, -0.15) is 5.10 Å². The molecule has 0 spiro atoms. The zero-order valence-corrected chi connectivity index (χ0v) is 12.5. The van der Waals surface area contributed by atoms with Gasteiger partial charge in [0, 0.05) is 5.56 Å². The molecule has 0 aromatic heterocycles. The number of hydrogen-bond acceptors (Lipinski definition) is 4. The Kier molecular flexibility index (Phi) is 5.14. The number of para-hydroxylation sites is 2. The molecule has 0 saturated carbocycles. The van der Waals surface area contributed by atoms with Crippen LogP contribution < -0.4 is 10.2 Å². The molecule has 0 aliphatic carbocycles. The van der Waals surface area contributed by atoms with E-state index in [1.807, 2.05) is 32.0 Å². The van der Waals surface area contributed by atoms with Gasteiger partial charge in [-0.05, 0) is 37.1 Å². The Balaban J connectivity index is 1.88. The monoisotopic (exact) mass is 298 g/mol. The number of phenolic OH excluding ortho intramolecular Hbond substituents is 1. The van der Waals surface area contributed by atoms with Gasteiger partial charge >= 0.3 is 0 Å². The Morgan fingerprint density at radius 3 is 2.55 bits per heavy atom. The van der Waals surface area contributed by atoms with E-state index >= 15 is 0 Å². The second-order valence-electron chi connectivity index (χ2n) is 4.86. The maximum absolute atomic E-state index is 11.7. The smallest absolute Gasteiger partial charge is 0.277 e. The molecule has 22 heavy (non-hydrogen) atoms. The summed E-state index contributed by atoms with van der Waals surface area (Å²) < 4.78 is 5.52. The van der Waals surface area contributed by atoms with Crippen LogP contribution in [0.15, 0.2) is 47.6 Å². The standard InChI is InChI=1S/C17H18N2O3/c1-12-6-5-7-13(2)17(12)22-11-16(21)19-18-10-14-8-3-4-9-15(14)20/h3-10,20H,11H2,1-2H3,(H,19,21)/b18-10+. The highest BCUT2D eigenvalue weighted by molar-refractivity contribution is 5.85. The molecule has 1 amide bonds. The second kappa shape index (κ2) is 7.26. The van der Waals surface area contributed by atoms with Crippen molar-refractivity contribution < 1.29 is 14.6 Å². The molecule has 0 radical (unpaired) electrons. The molecule has 0 aliphatic heterocycles. The molecule has 0 atom stereocenters. The van der Waals surface area contributed by atoms with Crippen LogP contribution in [0.4, 0.5) is 0 Å². The summed E-state index contributed by atoms with van der Waals surface area (Å²) in [5.74, 6) is 0.448. The van der Waals surface area contributed by atoms with Crippen LogP contribution in [0.25, 0.3) is 0 Å². The fourth-order valence-corrected chi connectivity index (χ4v) is 1.97. The second-order valence-corrected chi connectivity index (χ2v) is 4.86. The van der Waals surface area contributed by atoms with Crippen molar-refractivity contribution in [1.29, 1.82) is 0 Å². The molecule has 114 valence electrons. The van der Waals surface area contributed by atoms with Crippen molar-refractivity contribution in [3.63, 3.8) is 0 Å². The lowest BCUT2D eigenvalue weighted by molar-refractivity contribution is -0.123. The maximum atomic E-state index is 11.7. The van der Waals surface area contributed by atoms with E-state index in [9.17, 15) is 9.90 Å². The number of hydrogen-bond donors (Lipinski definition) is 2. The van der Waals surface area contributed by atoms with Crippen LogP contribution >= 0.6 is 0 Å². The number of amides is 1. The van der Waals surface area contributed by atoms with Crippen molar-refractivity contribution in [3.8, 4) is 11.5 Å². The molecule has 5 nitrogen and oxygen atoms in total. The molecule has 2 rings (SSSR count). The third-order valence-corrected chi connectivity index (χ3v) is 3.09. The molecule has 0 bridgehead atoms. The molecule has 2 aromatic carbocycles. The quantitative estimate of drug-likeness (QED) is 0.658. The van der Waals surface area contributed by atoms with Crippen LogP contribution in [0, 0.1) is 13.8 Å². The van der Waals surface area contributed by atoms with Gasteiger partial charge in [0.2, 0.25) is 0 Å². The van der Waals surface area contributed by atoms with Crippen molar-refractivity contribution in [2.45, 2.75) is 13.8 Å². The molecule has 2 N–H and O–H groups in total. The highest BCUT2D eigenvalue weighted by Crippen LogP contribution is 2.21. The van der Waals surface area contributed by atoms with Crippen LogP contribution in [-0.2, 0) is 4.79 Å². The van der Waals surface area contributed by atoms with Crippen molar-refractivity contribution in [2.75, 3.05) is 6.61 Å². The van der Waals surface area contributed by atoms with E-state index in [-0.39, 0.29) is 18.3 Å².